The van der Waals surface area contributed by atoms with Crippen LogP contribution in [-0.2, 0) is 4.79 Å². The molecule has 1 saturated carbocycles. The Hall–Kier alpha value is -1.30. The van der Waals surface area contributed by atoms with Gasteiger partial charge in [-0.1, -0.05) is 12.8 Å². The third-order valence-electron chi connectivity index (χ3n) is 3.46. The summed E-state index contributed by atoms with van der Waals surface area (Å²) in [4.78, 5) is 22.4. The van der Waals surface area contributed by atoms with Crippen molar-refractivity contribution >= 4 is 12.0 Å². The molecule has 2 unspecified atom stereocenters. The molecule has 0 radical (unpaired) electrons. The number of nitrogens with one attached hydrogen (secondary N) is 2. The highest BCUT2D eigenvalue weighted by atomic mass is 16.4. The molecule has 0 aliphatic heterocycles. The van der Waals surface area contributed by atoms with Crippen LogP contribution in [0.4, 0.5) is 4.79 Å². The maximum Gasteiger partial charge on any atom is 0.315 e. The summed E-state index contributed by atoms with van der Waals surface area (Å²) in [6, 6.07) is -0.551. The third-order valence-corrected chi connectivity index (χ3v) is 3.46. The van der Waals surface area contributed by atoms with Gasteiger partial charge in [0.2, 0.25) is 0 Å². The lowest BCUT2D eigenvalue weighted by molar-refractivity contribution is -0.137. The lowest BCUT2D eigenvalue weighted by atomic mass is 9.92. The van der Waals surface area contributed by atoms with Crippen molar-refractivity contribution in [1.82, 2.24) is 10.6 Å². The predicted molar refractivity (Wildman–Crippen MR) is 70.9 cm³/mol. The molecule has 0 bridgehead atoms. The van der Waals surface area contributed by atoms with Gasteiger partial charge in [-0.2, -0.15) is 0 Å². The number of hydrogen-bond acceptors (Lipinski definition) is 3. The highest BCUT2D eigenvalue weighted by Crippen LogP contribution is 2.18. The molecular weight excluding hydrogens is 248 g/mol. The van der Waals surface area contributed by atoms with Crippen LogP contribution in [0.2, 0.25) is 0 Å². The number of carboxylic acids is 1. The van der Waals surface area contributed by atoms with E-state index in [-0.39, 0.29) is 18.5 Å². The molecule has 0 spiro atoms. The van der Waals surface area contributed by atoms with E-state index < -0.39 is 17.6 Å². The largest absolute Gasteiger partial charge is 0.481 e. The lowest BCUT2D eigenvalue weighted by Gasteiger charge is -2.31. The second-order valence-corrected chi connectivity index (χ2v) is 5.83. The first-order valence-electron chi connectivity index (χ1n) is 6.79. The number of aliphatic carboxylic acids is 1. The molecule has 1 rings (SSSR count). The average Bonchev–Trinajstić information content (AvgIpc) is 2.29. The molecule has 19 heavy (non-hydrogen) atoms. The van der Waals surface area contributed by atoms with Gasteiger partial charge in [0.15, 0.2) is 0 Å². The van der Waals surface area contributed by atoms with Crippen molar-refractivity contribution in [1.29, 1.82) is 0 Å². The van der Waals surface area contributed by atoms with E-state index >= 15 is 0 Å². The number of carbonyl (C=O) groups excluding carboxylic acids is 1. The van der Waals surface area contributed by atoms with E-state index in [4.69, 9.17) is 5.11 Å². The Labute approximate surface area is 113 Å². The number of carbonyl (C=O) groups is 2. The molecule has 2 amide bonds. The van der Waals surface area contributed by atoms with Gasteiger partial charge in [-0.3, -0.25) is 4.79 Å². The minimum Gasteiger partial charge on any atom is -0.481 e. The maximum absolute atomic E-state index is 11.8. The van der Waals surface area contributed by atoms with Crippen LogP contribution < -0.4 is 10.6 Å². The first kappa shape index (κ1) is 15.8. The van der Waals surface area contributed by atoms with Gasteiger partial charge < -0.3 is 20.8 Å². The minimum atomic E-state index is -0.877. The number of urea groups is 1. The summed E-state index contributed by atoms with van der Waals surface area (Å²) in [7, 11) is 0. The minimum absolute atomic E-state index is 0.0132. The summed E-state index contributed by atoms with van der Waals surface area (Å²) in [5.74, 6) is -0.877. The van der Waals surface area contributed by atoms with Gasteiger partial charge in [0.05, 0.1) is 12.1 Å². The van der Waals surface area contributed by atoms with Crippen LogP contribution in [-0.4, -0.2) is 39.9 Å². The van der Waals surface area contributed by atoms with E-state index in [9.17, 15) is 14.7 Å². The summed E-state index contributed by atoms with van der Waals surface area (Å²) >= 11 is 0. The molecule has 4 N–H and O–H groups in total. The van der Waals surface area contributed by atoms with Crippen molar-refractivity contribution in [3.8, 4) is 0 Å². The smallest absolute Gasteiger partial charge is 0.315 e. The van der Waals surface area contributed by atoms with Gasteiger partial charge in [-0.15, -0.1) is 0 Å². The van der Waals surface area contributed by atoms with Crippen molar-refractivity contribution in [2.75, 3.05) is 0 Å². The van der Waals surface area contributed by atoms with Gasteiger partial charge in [-0.05, 0) is 33.1 Å². The second kappa shape index (κ2) is 6.75. The summed E-state index contributed by atoms with van der Waals surface area (Å²) < 4.78 is 0. The Morgan fingerprint density at radius 2 is 1.89 bits per heavy atom. The molecular formula is C13H24N2O4. The molecule has 1 aliphatic carbocycles. The van der Waals surface area contributed by atoms with Crippen LogP contribution in [0.5, 0.6) is 0 Å². The van der Waals surface area contributed by atoms with E-state index in [1.807, 2.05) is 0 Å². The Balaban J connectivity index is 2.38. The molecule has 0 saturated heterocycles. The van der Waals surface area contributed by atoms with Crippen molar-refractivity contribution in [2.45, 2.75) is 70.1 Å². The zero-order valence-electron chi connectivity index (χ0n) is 11.6. The second-order valence-electron chi connectivity index (χ2n) is 5.83. The number of hydrogen-bond donors (Lipinski definition) is 4. The van der Waals surface area contributed by atoms with E-state index in [1.165, 1.54) is 0 Å². The normalized spacial score (nSPS) is 23.7. The zero-order valence-corrected chi connectivity index (χ0v) is 11.6. The molecule has 110 valence electrons. The van der Waals surface area contributed by atoms with E-state index in [1.54, 1.807) is 13.8 Å². The zero-order chi connectivity index (χ0) is 14.5. The van der Waals surface area contributed by atoms with E-state index in [0.717, 1.165) is 19.3 Å². The van der Waals surface area contributed by atoms with E-state index in [0.29, 0.717) is 12.8 Å². The first-order chi connectivity index (χ1) is 8.80. The Morgan fingerprint density at radius 1 is 1.26 bits per heavy atom. The number of aliphatic hydroxyl groups excluding tert-OH is 1. The fourth-order valence-electron chi connectivity index (χ4n) is 2.27. The summed E-state index contributed by atoms with van der Waals surface area (Å²) in [6.45, 7) is 3.57. The van der Waals surface area contributed by atoms with Gasteiger partial charge in [0.25, 0.3) is 0 Å². The van der Waals surface area contributed by atoms with Crippen LogP contribution in [0.15, 0.2) is 0 Å². The fraction of sp³-hybridized carbons (Fsp3) is 0.846. The van der Waals surface area contributed by atoms with Crippen molar-refractivity contribution < 1.29 is 19.8 Å². The van der Waals surface area contributed by atoms with Crippen LogP contribution in [0.25, 0.3) is 0 Å². The Bertz CT molecular complexity index is 331. The monoisotopic (exact) mass is 272 g/mol. The molecule has 6 heteroatoms. The first-order valence-corrected chi connectivity index (χ1v) is 6.79. The number of rotatable bonds is 5. The van der Waals surface area contributed by atoms with Crippen molar-refractivity contribution in [3.05, 3.63) is 0 Å². The van der Waals surface area contributed by atoms with Crippen molar-refractivity contribution in [2.24, 2.45) is 0 Å². The number of carboxylic acid groups (broad SMARTS) is 1. The van der Waals surface area contributed by atoms with Gasteiger partial charge in [0.1, 0.15) is 0 Å². The molecule has 0 aromatic rings. The summed E-state index contributed by atoms with van der Waals surface area (Å²) in [5.41, 5.74) is -0.581. The van der Waals surface area contributed by atoms with Crippen LogP contribution in [0, 0.1) is 0 Å². The molecule has 1 aliphatic rings. The fourth-order valence-corrected chi connectivity index (χ4v) is 2.27. The maximum atomic E-state index is 11.8. The molecule has 2 atom stereocenters. The lowest BCUT2D eigenvalue weighted by Crippen LogP contribution is -2.54. The van der Waals surface area contributed by atoms with E-state index in [2.05, 4.69) is 10.6 Å². The standard InChI is InChI=1S/C13H24N2O4/c1-13(2,8-7-11(17)18)15-12(19)14-9-5-3-4-6-10(9)16/h9-10,16H,3-8H2,1-2H3,(H,17,18)(H2,14,15,19). The Morgan fingerprint density at radius 3 is 2.47 bits per heavy atom. The molecule has 0 aromatic carbocycles. The van der Waals surface area contributed by atoms with Gasteiger partial charge in [-0.25, -0.2) is 4.79 Å². The van der Waals surface area contributed by atoms with Crippen LogP contribution >= 0.6 is 0 Å². The summed E-state index contributed by atoms with van der Waals surface area (Å²) in [5, 5.41) is 23.9. The highest BCUT2D eigenvalue weighted by Gasteiger charge is 2.27. The van der Waals surface area contributed by atoms with Crippen molar-refractivity contribution in [3.63, 3.8) is 0 Å². The van der Waals surface area contributed by atoms with Gasteiger partial charge >= 0.3 is 12.0 Å². The highest BCUT2D eigenvalue weighted by molar-refractivity contribution is 5.75. The predicted octanol–water partition coefficient (Wildman–Crippen LogP) is 1.23. The Kier molecular flexibility index (Phi) is 5.60. The summed E-state index contributed by atoms with van der Waals surface area (Å²) in [6.07, 6.45) is 3.39. The number of aliphatic hydroxyl groups is 1. The molecule has 1 fully saturated rings. The molecule has 0 heterocycles. The van der Waals surface area contributed by atoms with Crippen LogP contribution in [0.3, 0.4) is 0 Å². The molecule has 6 nitrogen and oxygen atoms in total. The number of amides is 2. The van der Waals surface area contributed by atoms with Crippen LogP contribution in [0.1, 0.15) is 52.4 Å². The third kappa shape index (κ3) is 5.92. The quantitative estimate of drug-likeness (QED) is 0.605. The van der Waals surface area contributed by atoms with Gasteiger partial charge in [0, 0.05) is 12.0 Å². The molecule has 0 aromatic heterocycles. The topological polar surface area (TPSA) is 98.7 Å². The SMILES string of the molecule is CC(C)(CCC(=O)O)NC(=O)NC1CCCCC1O. The average molecular weight is 272 g/mol.